The Morgan fingerprint density at radius 1 is 0.900 bits per heavy atom. The van der Waals surface area contributed by atoms with E-state index in [4.69, 9.17) is 9.97 Å². The highest BCUT2D eigenvalue weighted by Gasteiger charge is 2.17. The molecule has 0 atom stereocenters. The Kier molecular flexibility index (Phi) is 7.61. The van der Waals surface area contributed by atoms with Gasteiger partial charge in [0.25, 0.3) is 0 Å². The predicted octanol–water partition coefficient (Wildman–Crippen LogP) is 7.40. The van der Waals surface area contributed by atoms with E-state index in [1.807, 2.05) is 19.4 Å². The van der Waals surface area contributed by atoms with Crippen LogP contribution in [0.5, 0.6) is 0 Å². The summed E-state index contributed by atoms with van der Waals surface area (Å²) in [7, 11) is 1.98. The van der Waals surface area contributed by atoms with Gasteiger partial charge >= 0.3 is 0 Å². The van der Waals surface area contributed by atoms with Gasteiger partial charge in [0.1, 0.15) is 10.5 Å². The van der Waals surface area contributed by atoms with Crippen molar-refractivity contribution in [1.82, 2.24) is 25.2 Å². The zero-order valence-corrected chi connectivity index (χ0v) is 24.5. The highest BCUT2D eigenvalue weighted by atomic mass is 32.1. The molecule has 0 spiro atoms. The molecular formula is C33H36N6S. The second-order valence-electron chi connectivity index (χ2n) is 10.7. The van der Waals surface area contributed by atoms with Crippen molar-refractivity contribution in [2.75, 3.05) is 25.5 Å². The van der Waals surface area contributed by atoms with Crippen molar-refractivity contribution >= 4 is 33.7 Å². The Morgan fingerprint density at radius 3 is 2.45 bits per heavy atom. The lowest BCUT2D eigenvalue weighted by molar-refractivity contribution is 0.331. The molecule has 5 aromatic rings. The van der Waals surface area contributed by atoms with Crippen LogP contribution in [0.25, 0.3) is 32.6 Å². The van der Waals surface area contributed by atoms with Gasteiger partial charge in [-0.05, 0) is 99.8 Å². The van der Waals surface area contributed by atoms with Crippen LogP contribution in [0, 0.1) is 20.8 Å². The Hall–Kier alpha value is -3.65. The molecule has 0 unspecified atom stereocenters. The normalized spacial score (nSPS) is 13.8. The number of thiazole rings is 1. The third-order valence-electron chi connectivity index (χ3n) is 7.93. The predicted molar refractivity (Wildman–Crippen MR) is 167 cm³/mol. The zero-order valence-electron chi connectivity index (χ0n) is 23.7. The van der Waals surface area contributed by atoms with Crippen molar-refractivity contribution in [3.63, 3.8) is 0 Å². The summed E-state index contributed by atoms with van der Waals surface area (Å²) in [5.41, 5.74) is 10.3. The van der Waals surface area contributed by atoms with Gasteiger partial charge in [-0.3, -0.25) is 9.88 Å². The van der Waals surface area contributed by atoms with Gasteiger partial charge in [-0.25, -0.2) is 9.97 Å². The van der Waals surface area contributed by atoms with Crippen LogP contribution in [0.15, 0.2) is 60.9 Å². The first-order chi connectivity index (χ1) is 19.5. The van der Waals surface area contributed by atoms with Gasteiger partial charge in [0, 0.05) is 47.0 Å². The number of aryl methyl sites for hydroxylation is 1. The molecule has 2 N–H and O–H groups in total. The van der Waals surface area contributed by atoms with Crippen LogP contribution in [-0.4, -0.2) is 40.0 Å². The molecule has 6 nitrogen and oxygen atoms in total. The third-order valence-corrected chi connectivity index (χ3v) is 9.12. The molecular weight excluding hydrogens is 512 g/mol. The van der Waals surface area contributed by atoms with Crippen LogP contribution in [0.2, 0.25) is 0 Å². The van der Waals surface area contributed by atoms with E-state index >= 15 is 0 Å². The molecule has 1 aliphatic heterocycles. The first kappa shape index (κ1) is 26.6. The fourth-order valence-electron chi connectivity index (χ4n) is 5.70. The molecule has 1 saturated heterocycles. The number of benzene rings is 2. The summed E-state index contributed by atoms with van der Waals surface area (Å²) >= 11 is 1.77. The highest BCUT2D eigenvalue weighted by molar-refractivity contribution is 7.15. The van der Waals surface area contributed by atoms with Gasteiger partial charge in [-0.1, -0.05) is 30.3 Å². The Morgan fingerprint density at radius 2 is 1.65 bits per heavy atom. The minimum absolute atomic E-state index is 0.784. The van der Waals surface area contributed by atoms with Crippen LogP contribution in [0.1, 0.15) is 40.1 Å². The van der Waals surface area contributed by atoms with E-state index in [0.717, 1.165) is 46.2 Å². The maximum atomic E-state index is 4.90. The van der Waals surface area contributed by atoms with Crippen LogP contribution in [0.3, 0.4) is 0 Å². The molecule has 1 fully saturated rings. The van der Waals surface area contributed by atoms with Gasteiger partial charge in [0.05, 0.1) is 5.69 Å². The molecule has 204 valence electrons. The van der Waals surface area contributed by atoms with Crippen molar-refractivity contribution in [1.29, 1.82) is 0 Å². The van der Waals surface area contributed by atoms with E-state index in [2.05, 4.69) is 89.8 Å². The van der Waals surface area contributed by atoms with Gasteiger partial charge in [-0.2, -0.15) is 0 Å². The standard InChI is InChI=1S/C33H36N6S/c1-21-26(9-7-11-28(21)33-37-23(3)30(40-33)19-34-4)27-10-8-12-29(22(27)2)38-32-31-25(13-14-35-32)17-24(18-36-31)20-39-15-5-6-16-39/h7-14,17-18,34H,5-6,15-16,19-20H2,1-4H3,(H,35,38). The van der Waals surface area contributed by atoms with Gasteiger partial charge in [-0.15, -0.1) is 11.3 Å². The van der Waals surface area contributed by atoms with E-state index in [1.165, 1.54) is 64.2 Å². The second-order valence-corrected chi connectivity index (χ2v) is 11.8. The molecule has 6 rings (SSSR count). The molecule has 7 heteroatoms. The smallest absolute Gasteiger partial charge is 0.156 e. The van der Waals surface area contributed by atoms with Gasteiger partial charge in [0.15, 0.2) is 5.82 Å². The van der Waals surface area contributed by atoms with Crippen molar-refractivity contribution in [2.45, 2.75) is 46.7 Å². The molecule has 0 bridgehead atoms. The molecule has 40 heavy (non-hydrogen) atoms. The topological polar surface area (TPSA) is 66.0 Å². The molecule has 0 saturated carbocycles. The molecule has 4 heterocycles. The van der Waals surface area contributed by atoms with Crippen LogP contribution in [-0.2, 0) is 13.1 Å². The molecule has 0 radical (unpaired) electrons. The first-order valence-corrected chi connectivity index (χ1v) is 14.9. The van der Waals surface area contributed by atoms with Crippen LogP contribution >= 0.6 is 11.3 Å². The fourth-order valence-corrected chi connectivity index (χ4v) is 6.86. The van der Waals surface area contributed by atoms with E-state index in [1.54, 1.807) is 11.3 Å². The second kappa shape index (κ2) is 11.5. The number of likely N-dealkylation sites (tertiary alicyclic amines) is 1. The summed E-state index contributed by atoms with van der Waals surface area (Å²) < 4.78 is 0. The maximum Gasteiger partial charge on any atom is 0.156 e. The summed E-state index contributed by atoms with van der Waals surface area (Å²) in [4.78, 5) is 18.2. The number of aromatic nitrogens is 3. The highest BCUT2D eigenvalue weighted by Crippen LogP contribution is 2.38. The Bertz CT molecular complexity index is 1670. The minimum Gasteiger partial charge on any atom is -0.338 e. The molecule has 0 aliphatic carbocycles. The SMILES string of the molecule is CNCc1sc(-c2cccc(-c3cccc(Nc4nccc5cc(CN6CCCC6)cnc45)c3C)c2C)nc1C. The number of anilines is 2. The molecule has 3 aromatic heterocycles. The average Bonchev–Trinajstić information content (AvgIpc) is 3.60. The van der Waals surface area contributed by atoms with E-state index in [-0.39, 0.29) is 0 Å². The monoisotopic (exact) mass is 548 g/mol. The number of fused-ring (bicyclic) bond motifs is 1. The summed E-state index contributed by atoms with van der Waals surface area (Å²) in [6.07, 6.45) is 6.47. The summed E-state index contributed by atoms with van der Waals surface area (Å²) in [5, 5.41) is 9.05. The lowest BCUT2D eigenvalue weighted by Gasteiger charge is -2.17. The number of rotatable bonds is 8. The van der Waals surface area contributed by atoms with Crippen LogP contribution in [0.4, 0.5) is 11.5 Å². The zero-order chi connectivity index (χ0) is 27.6. The number of pyridine rings is 2. The van der Waals surface area contributed by atoms with Crippen molar-refractivity contribution in [2.24, 2.45) is 0 Å². The lowest BCUT2D eigenvalue weighted by atomic mass is 9.93. The number of nitrogens with zero attached hydrogens (tertiary/aromatic N) is 4. The average molecular weight is 549 g/mol. The summed E-state index contributed by atoms with van der Waals surface area (Å²) in [5.74, 6) is 0.784. The largest absolute Gasteiger partial charge is 0.338 e. The van der Waals surface area contributed by atoms with E-state index < -0.39 is 0 Å². The van der Waals surface area contributed by atoms with Crippen molar-refractivity contribution in [3.8, 4) is 21.7 Å². The summed E-state index contributed by atoms with van der Waals surface area (Å²) in [6, 6.07) is 17.3. The lowest BCUT2D eigenvalue weighted by Crippen LogP contribution is -2.18. The quantitative estimate of drug-likeness (QED) is 0.211. The minimum atomic E-state index is 0.784. The maximum absolute atomic E-state index is 4.90. The number of nitrogens with one attached hydrogen (secondary N) is 2. The van der Waals surface area contributed by atoms with E-state index in [0.29, 0.717) is 0 Å². The van der Waals surface area contributed by atoms with Gasteiger partial charge in [0.2, 0.25) is 0 Å². The first-order valence-electron chi connectivity index (χ1n) is 14.1. The number of hydrogen-bond acceptors (Lipinski definition) is 7. The Balaban J connectivity index is 1.31. The molecule has 1 aliphatic rings. The van der Waals surface area contributed by atoms with Crippen LogP contribution < -0.4 is 10.6 Å². The third kappa shape index (κ3) is 5.24. The number of hydrogen-bond donors (Lipinski definition) is 2. The fraction of sp³-hybridized carbons (Fsp3) is 0.303. The van der Waals surface area contributed by atoms with Crippen molar-refractivity contribution in [3.05, 3.63) is 88.2 Å². The summed E-state index contributed by atoms with van der Waals surface area (Å²) in [6.45, 7) is 10.6. The molecule has 2 aromatic carbocycles. The van der Waals surface area contributed by atoms with Crippen molar-refractivity contribution < 1.29 is 0 Å². The van der Waals surface area contributed by atoms with Gasteiger partial charge < -0.3 is 10.6 Å². The van der Waals surface area contributed by atoms with E-state index in [9.17, 15) is 0 Å². The Labute approximate surface area is 240 Å². The molecule has 0 amide bonds.